The predicted molar refractivity (Wildman–Crippen MR) is 123 cm³/mol. The molecule has 2 aliphatic carbocycles. The van der Waals surface area contributed by atoms with Gasteiger partial charge in [-0.25, -0.2) is 4.98 Å². The molecule has 0 aliphatic heterocycles. The van der Waals surface area contributed by atoms with Gasteiger partial charge in [-0.3, -0.25) is 14.2 Å². The molecule has 6 nitrogen and oxygen atoms in total. The molecular weight excluding hydrogens is 388 g/mol. The van der Waals surface area contributed by atoms with Crippen molar-refractivity contribution in [1.82, 2.24) is 14.9 Å². The summed E-state index contributed by atoms with van der Waals surface area (Å²) in [7, 11) is 0. The number of nitrogens with one attached hydrogen (secondary N) is 2. The lowest BCUT2D eigenvalue weighted by atomic mass is 10.1. The third kappa shape index (κ3) is 3.89. The van der Waals surface area contributed by atoms with Gasteiger partial charge in [0, 0.05) is 23.5 Å². The summed E-state index contributed by atoms with van der Waals surface area (Å²) in [6.45, 7) is 1.81. The molecule has 6 heteroatoms. The standard InChI is InChI=1S/C25H24N4O2/c1-16-20(25(31)28-18-12-13-18)14-21-22(30)15-23(27-17-8-4-2-5-9-17)29(24(21)26-16)19-10-6-3-7-11-19/h3-4,6-11,14-15,18,27H,2,5,12-13H2,1H3,(H,28,31). The molecule has 1 saturated carbocycles. The van der Waals surface area contributed by atoms with Crippen LogP contribution < -0.4 is 16.1 Å². The number of nitrogens with zero attached hydrogens (tertiary/aromatic N) is 2. The summed E-state index contributed by atoms with van der Waals surface area (Å²) in [4.78, 5) is 30.5. The second-order valence-corrected chi connectivity index (χ2v) is 8.07. The Morgan fingerprint density at radius 2 is 1.94 bits per heavy atom. The van der Waals surface area contributed by atoms with E-state index >= 15 is 0 Å². The Labute approximate surface area is 180 Å². The summed E-state index contributed by atoms with van der Waals surface area (Å²) in [5.74, 6) is 0.475. The second kappa shape index (κ2) is 7.87. The number of hydrogen-bond acceptors (Lipinski definition) is 4. The fourth-order valence-corrected chi connectivity index (χ4v) is 3.83. The summed E-state index contributed by atoms with van der Waals surface area (Å²) in [6, 6.07) is 13.3. The molecule has 2 heterocycles. The molecule has 1 fully saturated rings. The number of hydrogen-bond donors (Lipinski definition) is 2. The topological polar surface area (TPSA) is 76.0 Å². The van der Waals surface area contributed by atoms with Crippen molar-refractivity contribution < 1.29 is 4.79 Å². The third-order valence-electron chi connectivity index (χ3n) is 5.62. The van der Waals surface area contributed by atoms with Gasteiger partial charge in [0.1, 0.15) is 11.5 Å². The average molecular weight is 412 g/mol. The van der Waals surface area contributed by atoms with Gasteiger partial charge in [0.15, 0.2) is 5.43 Å². The average Bonchev–Trinajstić information content (AvgIpc) is 3.59. The van der Waals surface area contributed by atoms with Crippen LogP contribution >= 0.6 is 0 Å². The van der Waals surface area contributed by atoms with Crippen LogP contribution in [0, 0.1) is 6.92 Å². The molecule has 5 rings (SSSR count). The van der Waals surface area contributed by atoms with E-state index < -0.39 is 0 Å². The summed E-state index contributed by atoms with van der Waals surface area (Å²) in [5, 5.41) is 6.81. The third-order valence-corrected chi connectivity index (χ3v) is 5.62. The van der Waals surface area contributed by atoms with E-state index in [1.54, 1.807) is 12.1 Å². The fourth-order valence-electron chi connectivity index (χ4n) is 3.83. The molecule has 0 radical (unpaired) electrons. The highest BCUT2D eigenvalue weighted by atomic mass is 16.1. The number of allylic oxidation sites excluding steroid dienone is 3. The molecular formula is C25H24N4O2. The maximum atomic E-state index is 13.1. The number of benzene rings is 1. The Hall–Kier alpha value is -3.67. The van der Waals surface area contributed by atoms with Crippen LogP contribution in [0.1, 0.15) is 41.7 Å². The lowest BCUT2D eigenvalue weighted by Gasteiger charge is -2.20. The molecule has 0 bridgehead atoms. The first-order valence-corrected chi connectivity index (χ1v) is 10.7. The molecule has 0 saturated heterocycles. The van der Waals surface area contributed by atoms with Crippen LogP contribution in [0.25, 0.3) is 16.7 Å². The fraction of sp³-hybridized carbons (Fsp3) is 0.240. The summed E-state index contributed by atoms with van der Waals surface area (Å²) in [6.07, 6.45) is 10.2. The second-order valence-electron chi connectivity index (χ2n) is 8.07. The van der Waals surface area contributed by atoms with Crippen LogP contribution in [-0.4, -0.2) is 21.5 Å². The summed E-state index contributed by atoms with van der Waals surface area (Å²) < 4.78 is 1.94. The first-order chi connectivity index (χ1) is 15.1. The molecule has 0 atom stereocenters. The number of anilines is 1. The van der Waals surface area contributed by atoms with Crippen LogP contribution in [0.15, 0.2) is 71.2 Å². The SMILES string of the molecule is Cc1nc2c(cc1C(=O)NC1CC1)c(=O)cc(NC1=CCCC=C1)n2-c1ccccc1. The number of fused-ring (bicyclic) bond motifs is 1. The highest BCUT2D eigenvalue weighted by molar-refractivity contribution is 5.99. The van der Waals surface area contributed by atoms with Crippen molar-refractivity contribution in [3.63, 3.8) is 0 Å². The predicted octanol–water partition coefficient (Wildman–Crippen LogP) is 4.23. The van der Waals surface area contributed by atoms with Gasteiger partial charge >= 0.3 is 0 Å². The lowest BCUT2D eigenvalue weighted by Crippen LogP contribution is -2.27. The van der Waals surface area contributed by atoms with Crippen LogP contribution in [0.5, 0.6) is 0 Å². The highest BCUT2D eigenvalue weighted by Gasteiger charge is 2.25. The normalized spacial score (nSPS) is 15.6. The van der Waals surface area contributed by atoms with E-state index in [0.717, 1.165) is 37.1 Å². The maximum absolute atomic E-state index is 13.1. The van der Waals surface area contributed by atoms with Crippen molar-refractivity contribution in [2.24, 2.45) is 0 Å². The van der Waals surface area contributed by atoms with Crippen LogP contribution in [-0.2, 0) is 0 Å². The molecule has 1 amide bonds. The Morgan fingerprint density at radius 1 is 1.13 bits per heavy atom. The lowest BCUT2D eigenvalue weighted by molar-refractivity contribution is 0.0950. The molecule has 2 aliphatic rings. The van der Waals surface area contributed by atoms with E-state index in [2.05, 4.69) is 22.8 Å². The Bertz CT molecular complexity index is 1280. The number of rotatable bonds is 5. The van der Waals surface area contributed by atoms with Crippen LogP contribution in [0.2, 0.25) is 0 Å². The number of carbonyl (C=O) groups is 1. The minimum absolute atomic E-state index is 0.167. The van der Waals surface area contributed by atoms with E-state index in [4.69, 9.17) is 4.98 Å². The quantitative estimate of drug-likeness (QED) is 0.658. The number of carbonyl (C=O) groups excluding carboxylic acids is 1. The summed E-state index contributed by atoms with van der Waals surface area (Å²) >= 11 is 0. The van der Waals surface area contributed by atoms with E-state index in [9.17, 15) is 9.59 Å². The first kappa shape index (κ1) is 19.3. The number of amides is 1. The van der Waals surface area contributed by atoms with E-state index in [1.807, 2.05) is 47.9 Å². The summed E-state index contributed by atoms with van der Waals surface area (Å²) in [5.41, 5.74) is 3.25. The van der Waals surface area contributed by atoms with E-state index in [1.165, 1.54) is 0 Å². The maximum Gasteiger partial charge on any atom is 0.253 e. The molecule has 156 valence electrons. The van der Waals surface area contributed by atoms with Gasteiger partial charge in [-0.1, -0.05) is 30.4 Å². The van der Waals surface area contributed by atoms with Crippen molar-refractivity contribution in [3.05, 3.63) is 87.9 Å². The smallest absolute Gasteiger partial charge is 0.253 e. The monoisotopic (exact) mass is 412 g/mol. The van der Waals surface area contributed by atoms with Gasteiger partial charge in [-0.15, -0.1) is 0 Å². The van der Waals surface area contributed by atoms with Gasteiger partial charge in [0.05, 0.1) is 16.6 Å². The largest absolute Gasteiger partial charge is 0.349 e. The molecule has 1 aromatic carbocycles. The minimum Gasteiger partial charge on any atom is -0.349 e. The van der Waals surface area contributed by atoms with Crippen molar-refractivity contribution in [3.8, 4) is 5.69 Å². The zero-order chi connectivity index (χ0) is 21.4. The number of aryl methyl sites for hydroxylation is 1. The number of pyridine rings is 2. The van der Waals surface area contributed by atoms with Crippen molar-refractivity contribution >= 4 is 22.8 Å². The van der Waals surface area contributed by atoms with Crippen molar-refractivity contribution in [2.45, 2.75) is 38.6 Å². The van der Waals surface area contributed by atoms with Crippen molar-refractivity contribution in [1.29, 1.82) is 0 Å². The molecule has 0 spiro atoms. The molecule has 31 heavy (non-hydrogen) atoms. The number of aromatic nitrogens is 2. The Balaban J connectivity index is 1.70. The highest BCUT2D eigenvalue weighted by Crippen LogP contribution is 2.26. The van der Waals surface area contributed by atoms with E-state index in [0.29, 0.717) is 28.1 Å². The Morgan fingerprint density at radius 3 is 2.65 bits per heavy atom. The van der Waals surface area contributed by atoms with Gasteiger partial charge in [0.2, 0.25) is 0 Å². The van der Waals surface area contributed by atoms with Gasteiger partial charge in [-0.2, -0.15) is 0 Å². The number of para-hydroxylation sites is 1. The van der Waals surface area contributed by atoms with Crippen LogP contribution in [0.4, 0.5) is 5.82 Å². The van der Waals surface area contributed by atoms with Crippen molar-refractivity contribution in [2.75, 3.05) is 5.32 Å². The molecule has 0 unspecified atom stereocenters. The van der Waals surface area contributed by atoms with Gasteiger partial charge < -0.3 is 10.6 Å². The van der Waals surface area contributed by atoms with Gasteiger partial charge in [0.25, 0.3) is 5.91 Å². The first-order valence-electron chi connectivity index (χ1n) is 10.7. The molecule has 2 aromatic heterocycles. The zero-order valence-electron chi connectivity index (χ0n) is 17.4. The van der Waals surface area contributed by atoms with Gasteiger partial charge in [-0.05, 0) is 56.9 Å². The molecule has 2 N–H and O–H groups in total. The van der Waals surface area contributed by atoms with E-state index in [-0.39, 0.29) is 17.4 Å². The minimum atomic E-state index is -0.168. The van der Waals surface area contributed by atoms with Crippen LogP contribution in [0.3, 0.4) is 0 Å². The molecule has 3 aromatic rings. The zero-order valence-corrected chi connectivity index (χ0v) is 17.4. The Kier molecular flexibility index (Phi) is 4.90.